The first-order chi connectivity index (χ1) is 13.2. The number of nitrogens with zero attached hydrogens (tertiary/aromatic N) is 1. The molecule has 1 unspecified atom stereocenters. The van der Waals surface area contributed by atoms with Gasteiger partial charge in [0.15, 0.2) is 0 Å². The van der Waals surface area contributed by atoms with Crippen LogP contribution in [0.3, 0.4) is 0 Å². The lowest BCUT2D eigenvalue weighted by Gasteiger charge is -2.25. The molecular weight excluding hydrogens is 338 g/mol. The Morgan fingerprint density at radius 1 is 1.04 bits per heavy atom. The Labute approximate surface area is 162 Å². The summed E-state index contributed by atoms with van der Waals surface area (Å²) in [5.41, 5.74) is 2.32. The number of carbonyl (C=O) groups is 1. The average Bonchev–Trinajstić information content (AvgIpc) is 2.96. The number of likely N-dealkylation sites (tertiary alicyclic amines) is 1. The highest BCUT2D eigenvalue weighted by Gasteiger charge is 2.23. The van der Waals surface area contributed by atoms with E-state index >= 15 is 0 Å². The van der Waals surface area contributed by atoms with E-state index in [4.69, 9.17) is 9.47 Å². The molecule has 1 saturated heterocycles. The highest BCUT2D eigenvalue weighted by Crippen LogP contribution is 2.28. The Balaban J connectivity index is 1.64. The van der Waals surface area contributed by atoms with Crippen LogP contribution < -0.4 is 9.47 Å². The van der Waals surface area contributed by atoms with Gasteiger partial charge in [-0.25, -0.2) is 0 Å². The van der Waals surface area contributed by atoms with Gasteiger partial charge < -0.3 is 14.4 Å². The summed E-state index contributed by atoms with van der Waals surface area (Å²) in [6, 6.07) is 16.1. The van der Waals surface area contributed by atoms with Gasteiger partial charge in [-0.15, -0.1) is 0 Å². The second-order valence-corrected chi connectivity index (χ2v) is 7.06. The molecule has 0 N–H and O–H groups in total. The molecule has 0 spiro atoms. The van der Waals surface area contributed by atoms with Crippen molar-refractivity contribution < 1.29 is 14.3 Å². The van der Waals surface area contributed by atoms with Crippen molar-refractivity contribution in [3.63, 3.8) is 0 Å². The standard InChI is InChI=1S/C23H29NO3/c1-3-27-22-11-7-18(8-12-22)16-23(25)24-15-5-4-6-20(17-24)19-9-13-21(26-2)14-10-19/h7-14,20H,3-6,15-17H2,1-2H3. The molecule has 2 aromatic carbocycles. The van der Waals surface area contributed by atoms with Crippen molar-refractivity contribution in [1.29, 1.82) is 0 Å². The Morgan fingerprint density at radius 2 is 1.74 bits per heavy atom. The summed E-state index contributed by atoms with van der Waals surface area (Å²) in [6.07, 6.45) is 3.80. The smallest absolute Gasteiger partial charge is 0.227 e. The van der Waals surface area contributed by atoms with Gasteiger partial charge in [0.05, 0.1) is 20.1 Å². The van der Waals surface area contributed by atoms with Crippen LogP contribution in [0.25, 0.3) is 0 Å². The summed E-state index contributed by atoms with van der Waals surface area (Å²) >= 11 is 0. The van der Waals surface area contributed by atoms with E-state index in [-0.39, 0.29) is 5.91 Å². The molecule has 144 valence electrons. The molecule has 1 aliphatic rings. The number of carbonyl (C=O) groups excluding carboxylic acids is 1. The van der Waals surface area contributed by atoms with Crippen LogP contribution in [-0.2, 0) is 11.2 Å². The SMILES string of the molecule is CCOc1ccc(CC(=O)N2CCCCC(c3ccc(OC)cc3)C2)cc1. The molecule has 1 amide bonds. The van der Waals surface area contributed by atoms with Crippen molar-refractivity contribution in [2.75, 3.05) is 26.8 Å². The van der Waals surface area contributed by atoms with Gasteiger partial charge in [0.25, 0.3) is 0 Å². The molecular formula is C23H29NO3. The van der Waals surface area contributed by atoms with Crippen molar-refractivity contribution in [2.24, 2.45) is 0 Å². The van der Waals surface area contributed by atoms with Crippen LogP contribution in [0, 0.1) is 0 Å². The zero-order valence-corrected chi connectivity index (χ0v) is 16.3. The Kier molecular flexibility index (Phi) is 6.74. The van der Waals surface area contributed by atoms with E-state index in [0.29, 0.717) is 18.9 Å². The highest BCUT2D eigenvalue weighted by molar-refractivity contribution is 5.79. The van der Waals surface area contributed by atoms with Gasteiger partial charge in [0.2, 0.25) is 5.91 Å². The minimum absolute atomic E-state index is 0.208. The minimum Gasteiger partial charge on any atom is -0.497 e. The molecule has 27 heavy (non-hydrogen) atoms. The van der Waals surface area contributed by atoms with E-state index in [2.05, 4.69) is 12.1 Å². The van der Waals surface area contributed by atoms with Gasteiger partial charge in [0, 0.05) is 19.0 Å². The van der Waals surface area contributed by atoms with E-state index in [1.165, 1.54) is 5.56 Å². The lowest BCUT2D eigenvalue weighted by Crippen LogP contribution is -2.35. The summed E-state index contributed by atoms with van der Waals surface area (Å²) in [5.74, 6) is 2.32. The molecule has 1 atom stereocenters. The molecule has 1 heterocycles. The van der Waals surface area contributed by atoms with Gasteiger partial charge in [-0.3, -0.25) is 4.79 Å². The number of methoxy groups -OCH3 is 1. The normalized spacial score (nSPS) is 17.3. The maximum atomic E-state index is 12.9. The molecule has 4 nitrogen and oxygen atoms in total. The first-order valence-corrected chi connectivity index (χ1v) is 9.83. The second kappa shape index (κ2) is 9.45. The van der Waals surface area contributed by atoms with Gasteiger partial charge in [-0.2, -0.15) is 0 Å². The predicted molar refractivity (Wildman–Crippen MR) is 107 cm³/mol. The fourth-order valence-electron chi connectivity index (χ4n) is 3.67. The molecule has 0 aliphatic carbocycles. The van der Waals surface area contributed by atoms with Crippen LogP contribution in [-0.4, -0.2) is 37.6 Å². The molecule has 4 heteroatoms. The van der Waals surface area contributed by atoms with Crippen molar-refractivity contribution in [3.05, 3.63) is 59.7 Å². The first kappa shape index (κ1) is 19.3. The summed E-state index contributed by atoms with van der Waals surface area (Å²) in [5, 5.41) is 0. The summed E-state index contributed by atoms with van der Waals surface area (Å²) < 4.78 is 10.7. The zero-order valence-electron chi connectivity index (χ0n) is 16.3. The minimum atomic E-state index is 0.208. The lowest BCUT2D eigenvalue weighted by atomic mass is 9.94. The molecule has 0 aromatic heterocycles. The van der Waals surface area contributed by atoms with E-state index in [1.54, 1.807) is 7.11 Å². The van der Waals surface area contributed by atoms with Crippen molar-refractivity contribution in [1.82, 2.24) is 4.90 Å². The third-order valence-electron chi connectivity index (χ3n) is 5.20. The third kappa shape index (κ3) is 5.25. The number of hydrogen-bond acceptors (Lipinski definition) is 3. The quantitative estimate of drug-likeness (QED) is 0.758. The van der Waals surface area contributed by atoms with E-state index in [1.807, 2.05) is 48.2 Å². The fraction of sp³-hybridized carbons (Fsp3) is 0.435. The van der Waals surface area contributed by atoms with Gasteiger partial charge in [-0.05, 0) is 55.2 Å². The number of rotatable bonds is 6. The number of benzene rings is 2. The van der Waals surface area contributed by atoms with E-state index in [9.17, 15) is 4.79 Å². The Morgan fingerprint density at radius 3 is 2.41 bits per heavy atom. The van der Waals surface area contributed by atoms with Crippen molar-refractivity contribution >= 4 is 5.91 Å². The largest absolute Gasteiger partial charge is 0.497 e. The fourth-order valence-corrected chi connectivity index (χ4v) is 3.67. The molecule has 1 aliphatic heterocycles. The van der Waals surface area contributed by atoms with Gasteiger partial charge in [0.1, 0.15) is 11.5 Å². The van der Waals surface area contributed by atoms with Crippen LogP contribution in [0.2, 0.25) is 0 Å². The van der Waals surface area contributed by atoms with Crippen molar-refractivity contribution in [2.45, 2.75) is 38.5 Å². The van der Waals surface area contributed by atoms with Crippen LogP contribution >= 0.6 is 0 Å². The zero-order chi connectivity index (χ0) is 19.1. The van der Waals surface area contributed by atoms with Crippen LogP contribution in [0.15, 0.2) is 48.5 Å². The molecule has 1 fully saturated rings. The summed E-state index contributed by atoms with van der Waals surface area (Å²) in [4.78, 5) is 14.9. The maximum Gasteiger partial charge on any atom is 0.227 e. The first-order valence-electron chi connectivity index (χ1n) is 9.83. The number of amides is 1. The number of ether oxygens (including phenoxy) is 2. The molecule has 0 saturated carbocycles. The molecule has 3 rings (SSSR count). The monoisotopic (exact) mass is 367 g/mol. The Bertz CT molecular complexity index is 724. The molecule has 0 bridgehead atoms. The lowest BCUT2D eigenvalue weighted by molar-refractivity contribution is -0.130. The predicted octanol–water partition coefficient (Wildman–Crippen LogP) is 4.43. The van der Waals surface area contributed by atoms with Crippen molar-refractivity contribution in [3.8, 4) is 11.5 Å². The topological polar surface area (TPSA) is 38.8 Å². The summed E-state index contributed by atoms with van der Waals surface area (Å²) in [7, 11) is 1.68. The second-order valence-electron chi connectivity index (χ2n) is 7.06. The Hall–Kier alpha value is -2.49. The maximum absolute atomic E-state index is 12.9. The summed E-state index contributed by atoms with van der Waals surface area (Å²) in [6.45, 7) is 4.26. The van der Waals surface area contributed by atoms with Crippen LogP contribution in [0.1, 0.15) is 43.2 Å². The number of hydrogen-bond donors (Lipinski definition) is 0. The van der Waals surface area contributed by atoms with E-state index < -0.39 is 0 Å². The molecule has 0 radical (unpaired) electrons. The van der Waals surface area contributed by atoms with Gasteiger partial charge in [-0.1, -0.05) is 30.7 Å². The van der Waals surface area contributed by atoms with Crippen LogP contribution in [0.4, 0.5) is 0 Å². The van der Waals surface area contributed by atoms with Crippen LogP contribution in [0.5, 0.6) is 11.5 Å². The highest BCUT2D eigenvalue weighted by atomic mass is 16.5. The van der Waals surface area contributed by atoms with E-state index in [0.717, 1.165) is 49.4 Å². The van der Waals surface area contributed by atoms with Gasteiger partial charge >= 0.3 is 0 Å². The third-order valence-corrected chi connectivity index (χ3v) is 5.20. The molecule has 2 aromatic rings. The average molecular weight is 367 g/mol.